The smallest absolute Gasteiger partial charge is 0.406 e. The van der Waals surface area contributed by atoms with Gasteiger partial charge in [0.25, 0.3) is 0 Å². The predicted molar refractivity (Wildman–Crippen MR) is 70.7 cm³/mol. The van der Waals surface area contributed by atoms with Crippen LogP contribution in [0.25, 0.3) is 0 Å². The maximum atomic E-state index is 12.1. The van der Waals surface area contributed by atoms with Gasteiger partial charge in [-0.2, -0.15) is 0 Å². The minimum Gasteiger partial charge on any atom is -0.406 e. The fourth-order valence-corrected chi connectivity index (χ4v) is 1.88. The standard InChI is InChI=1S/C14H14F3N3O/c1-18-12(13-19-7-2-8-20-13)9-10-3-5-11(6-4-10)21-14(15,16)17/h2-8,12,18H,9H2,1H3. The highest BCUT2D eigenvalue weighted by Gasteiger charge is 2.30. The number of rotatable bonds is 5. The third-order valence-electron chi connectivity index (χ3n) is 2.84. The van der Waals surface area contributed by atoms with Gasteiger partial charge in [-0.15, -0.1) is 13.2 Å². The molecule has 2 rings (SSSR count). The van der Waals surface area contributed by atoms with Gasteiger partial charge >= 0.3 is 6.36 Å². The van der Waals surface area contributed by atoms with E-state index < -0.39 is 6.36 Å². The maximum absolute atomic E-state index is 12.1. The van der Waals surface area contributed by atoms with Crippen LogP contribution in [0.2, 0.25) is 0 Å². The first-order valence-electron chi connectivity index (χ1n) is 6.27. The minimum atomic E-state index is -4.67. The lowest BCUT2D eigenvalue weighted by Gasteiger charge is -2.15. The second kappa shape index (κ2) is 6.53. The highest BCUT2D eigenvalue weighted by atomic mass is 19.4. The minimum absolute atomic E-state index is 0.111. The number of alkyl halides is 3. The molecular formula is C14H14F3N3O. The Morgan fingerprint density at radius 3 is 2.29 bits per heavy atom. The van der Waals surface area contributed by atoms with Crippen LogP contribution in [0.3, 0.4) is 0 Å². The van der Waals surface area contributed by atoms with E-state index in [2.05, 4.69) is 20.0 Å². The maximum Gasteiger partial charge on any atom is 0.573 e. The van der Waals surface area contributed by atoms with E-state index in [1.165, 1.54) is 12.1 Å². The Balaban J connectivity index is 2.05. The van der Waals surface area contributed by atoms with Crippen molar-refractivity contribution in [2.24, 2.45) is 0 Å². The van der Waals surface area contributed by atoms with Gasteiger partial charge in [-0.05, 0) is 37.2 Å². The van der Waals surface area contributed by atoms with Crippen molar-refractivity contribution < 1.29 is 17.9 Å². The topological polar surface area (TPSA) is 47.0 Å². The third kappa shape index (κ3) is 4.71. The van der Waals surface area contributed by atoms with Crippen molar-refractivity contribution in [1.82, 2.24) is 15.3 Å². The van der Waals surface area contributed by atoms with Crippen LogP contribution in [0.5, 0.6) is 5.75 Å². The fraction of sp³-hybridized carbons (Fsp3) is 0.286. The molecule has 1 atom stereocenters. The Bertz CT molecular complexity index is 558. The first-order chi connectivity index (χ1) is 9.98. The van der Waals surface area contributed by atoms with E-state index >= 15 is 0 Å². The van der Waals surface area contributed by atoms with Crippen LogP contribution < -0.4 is 10.1 Å². The fourth-order valence-electron chi connectivity index (χ4n) is 1.88. The Labute approximate surface area is 120 Å². The Morgan fingerprint density at radius 1 is 1.14 bits per heavy atom. The average molecular weight is 297 g/mol. The molecule has 0 saturated carbocycles. The molecule has 0 bridgehead atoms. The summed E-state index contributed by atoms with van der Waals surface area (Å²) in [6, 6.07) is 7.38. The lowest BCUT2D eigenvalue weighted by Crippen LogP contribution is -2.21. The van der Waals surface area contributed by atoms with Crippen molar-refractivity contribution in [2.45, 2.75) is 18.8 Å². The summed E-state index contributed by atoms with van der Waals surface area (Å²) in [7, 11) is 1.78. The second-order valence-electron chi connectivity index (χ2n) is 4.34. The molecule has 0 fully saturated rings. The molecule has 0 aliphatic carbocycles. The monoisotopic (exact) mass is 297 g/mol. The van der Waals surface area contributed by atoms with Gasteiger partial charge in [-0.25, -0.2) is 9.97 Å². The number of likely N-dealkylation sites (N-methyl/N-ethyl adjacent to an activating group) is 1. The van der Waals surface area contributed by atoms with Crippen LogP contribution >= 0.6 is 0 Å². The third-order valence-corrected chi connectivity index (χ3v) is 2.84. The van der Waals surface area contributed by atoms with Crippen molar-refractivity contribution in [2.75, 3.05) is 7.05 Å². The number of hydrogen-bond donors (Lipinski definition) is 1. The van der Waals surface area contributed by atoms with Crippen molar-refractivity contribution in [1.29, 1.82) is 0 Å². The zero-order chi connectivity index (χ0) is 15.3. The lowest BCUT2D eigenvalue weighted by molar-refractivity contribution is -0.274. The normalized spacial score (nSPS) is 13.0. The number of nitrogens with zero attached hydrogens (tertiary/aromatic N) is 2. The van der Waals surface area contributed by atoms with Gasteiger partial charge in [0.05, 0.1) is 6.04 Å². The number of benzene rings is 1. The van der Waals surface area contributed by atoms with Crippen molar-refractivity contribution in [3.8, 4) is 5.75 Å². The van der Waals surface area contributed by atoms with E-state index in [4.69, 9.17) is 0 Å². The van der Waals surface area contributed by atoms with E-state index in [1.54, 1.807) is 37.6 Å². The van der Waals surface area contributed by atoms with E-state index in [1.807, 2.05) is 0 Å². The van der Waals surface area contributed by atoms with E-state index in [0.717, 1.165) is 5.56 Å². The molecule has 0 spiro atoms. The Hall–Kier alpha value is -2.15. The summed E-state index contributed by atoms with van der Waals surface area (Å²) in [5, 5.41) is 3.08. The number of aromatic nitrogens is 2. The summed E-state index contributed by atoms with van der Waals surface area (Å²) in [6.45, 7) is 0. The van der Waals surface area contributed by atoms with Crippen molar-refractivity contribution in [3.05, 3.63) is 54.1 Å². The molecule has 21 heavy (non-hydrogen) atoms. The predicted octanol–water partition coefficient (Wildman–Crippen LogP) is 2.88. The molecule has 0 saturated heterocycles. The lowest BCUT2D eigenvalue weighted by atomic mass is 10.1. The molecule has 0 aliphatic rings. The first kappa shape index (κ1) is 15.2. The van der Waals surface area contributed by atoms with Gasteiger partial charge in [0.2, 0.25) is 0 Å². The number of hydrogen-bond acceptors (Lipinski definition) is 4. The van der Waals surface area contributed by atoms with Crippen molar-refractivity contribution >= 4 is 0 Å². The van der Waals surface area contributed by atoms with Crippen molar-refractivity contribution in [3.63, 3.8) is 0 Å². The zero-order valence-corrected chi connectivity index (χ0v) is 11.3. The van der Waals surface area contributed by atoms with E-state index in [-0.39, 0.29) is 11.8 Å². The summed E-state index contributed by atoms with van der Waals surface area (Å²) in [4.78, 5) is 8.33. The Kier molecular flexibility index (Phi) is 4.74. The molecule has 1 N–H and O–H groups in total. The summed E-state index contributed by atoms with van der Waals surface area (Å²) < 4.78 is 40.1. The van der Waals surface area contributed by atoms with Gasteiger partial charge in [0.15, 0.2) is 0 Å². The molecule has 112 valence electrons. The summed E-state index contributed by atoms with van der Waals surface area (Å²) >= 11 is 0. The molecule has 0 amide bonds. The van der Waals surface area contributed by atoms with Gasteiger partial charge in [0.1, 0.15) is 11.6 Å². The highest BCUT2D eigenvalue weighted by molar-refractivity contribution is 5.28. The first-order valence-corrected chi connectivity index (χ1v) is 6.27. The number of nitrogens with one attached hydrogen (secondary N) is 1. The molecule has 1 unspecified atom stereocenters. The molecule has 0 aliphatic heterocycles. The highest BCUT2D eigenvalue weighted by Crippen LogP contribution is 2.24. The Morgan fingerprint density at radius 2 is 1.76 bits per heavy atom. The number of ether oxygens (including phenoxy) is 1. The van der Waals surface area contributed by atoms with Crippen LogP contribution in [0.1, 0.15) is 17.4 Å². The molecule has 1 aromatic carbocycles. The summed E-state index contributed by atoms with van der Waals surface area (Å²) in [5.74, 6) is 0.402. The van der Waals surface area contributed by atoms with E-state index in [9.17, 15) is 13.2 Å². The molecule has 7 heteroatoms. The van der Waals surface area contributed by atoms with E-state index in [0.29, 0.717) is 12.2 Å². The molecule has 4 nitrogen and oxygen atoms in total. The van der Waals surface area contributed by atoms with Crippen LogP contribution in [-0.2, 0) is 6.42 Å². The van der Waals surface area contributed by atoms with Crippen LogP contribution in [0, 0.1) is 0 Å². The van der Waals surface area contributed by atoms with Gasteiger partial charge in [-0.1, -0.05) is 12.1 Å². The van der Waals surface area contributed by atoms with Crippen LogP contribution in [0.4, 0.5) is 13.2 Å². The molecule has 1 aromatic heterocycles. The molecule has 1 heterocycles. The van der Waals surface area contributed by atoms with Crippen LogP contribution in [0.15, 0.2) is 42.7 Å². The SMILES string of the molecule is CNC(Cc1ccc(OC(F)(F)F)cc1)c1ncccn1. The van der Waals surface area contributed by atoms with Gasteiger partial charge in [0, 0.05) is 12.4 Å². The molecule has 0 radical (unpaired) electrons. The van der Waals surface area contributed by atoms with Gasteiger partial charge < -0.3 is 10.1 Å². The molecular weight excluding hydrogens is 283 g/mol. The molecule has 2 aromatic rings. The largest absolute Gasteiger partial charge is 0.573 e. The zero-order valence-electron chi connectivity index (χ0n) is 11.3. The second-order valence-corrected chi connectivity index (χ2v) is 4.34. The average Bonchev–Trinajstić information content (AvgIpc) is 2.46. The summed E-state index contributed by atoms with van der Waals surface area (Å²) in [6.07, 6.45) is -0.820. The summed E-state index contributed by atoms with van der Waals surface area (Å²) in [5.41, 5.74) is 0.858. The number of halogens is 3. The quantitative estimate of drug-likeness (QED) is 0.922. The van der Waals surface area contributed by atoms with Gasteiger partial charge in [-0.3, -0.25) is 0 Å². The van der Waals surface area contributed by atoms with Crippen LogP contribution in [-0.4, -0.2) is 23.4 Å².